The van der Waals surface area contributed by atoms with Gasteiger partial charge in [0.25, 0.3) is 0 Å². The van der Waals surface area contributed by atoms with Crippen LogP contribution in [0.4, 0.5) is 0 Å². The van der Waals surface area contributed by atoms with E-state index in [9.17, 15) is 4.79 Å². The molecule has 1 fully saturated rings. The largest absolute Gasteiger partial charge is 0.303 e. The lowest BCUT2D eigenvalue weighted by atomic mass is 9.62. The molecule has 1 aliphatic heterocycles. The third-order valence-corrected chi connectivity index (χ3v) is 3.20. The summed E-state index contributed by atoms with van der Waals surface area (Å²) in [6.45, 7) is 16.8. The number of carbonyl (C=O) groups excluding carboxylic acids is 1. The molecule has 0 bridgehead atoms. The summed E-state index contributed by atoms with van der Waals surface area (Å²) in [7, 11) is 0. The van der Waals surface area contributed by atoms with Crippen molar-refractivity contribution in [3.8, 4) is 0 Å². The fraction of sp³-hybridized carbons (Fsp3) is 0.769. The summed E-state index contributed by atoms with van der Waals surface area (Å²) in [5.41, 5.74) is 6.47. The van der Waals surface area contributed by atoms with Crippen LogP contribution in [-0.4, -0.2) is 5.91 Å². The van der Waals surface area contributed by atoms with Crippen LogP contribution in [-0.2, 0) is 4.79 Å². The lowest BCUT2D eigenvalue weighted by molar-refractivity contribution is -0.135. The summed E-state index contributed by atoms with van der Waals surface area (Å²) in [5, 5.41) is 0. The van der Waals surface area contributed by atoms with E-state index in [-0.39, 0.29) is 28.6 Å². The first-order chi connectivity index (χ1) is 7.05. The zero-order valence-corrected chi connectivity index (χ0v) is 11.3. The second-order valence-corrected chi connectivity index (χ2v) is 6.83. The molecule has 0 aromatic carbocycles. The van der Waals surface area contributed by atoms with Gasteiger partial charge in [0.1, 0.15) is 0 Å². The number of nitrogens with one attached hydrogen (secondary N) is 2. The van der Waals surface area contributed by atoms with Crippen LogP contribution < -0.4 is 10.9 Å². The Bertz CT molecular complexity index is 275. The normalized spacial score (nSPS) is 27.4. The predicted octanol–water partition coefficient (Wildman–Crippen LogP) is 2.46. The predicted molar refractivity (Wildman–Crippen MR) is 66.3 cm³/mol. The Labute approximate surface area is 98.7 Å². The highest BCUT2D eigenvalue weighted by atomic mass is 16.2. The van der Waals surface area contributed by atoms with E-state index in [1.807, 2.05) is 0 Å². The van der Waals surface area contributed by atoms with E-state index in [1.54, 1.807) is 0 Å². The summed E-state index contributed by atoms with van der Waals surface area (Å²) in [5.74, 6) is 0.183. The molecule has 2 atom stereocenters. The van der Waals surface area contributed by atoms with Gasteiger partial charge in [-0.05, 0) is 10.8 Å². The molecule has 1 aliphatic rings. The van der Waals surface area contributed by atoms with Gasteiger partial charge in [-0.15, -0.1) is 0 Å². The number of hydrogen-bond acceptors (Lipinski definition) is 2. The first-order valence-corrected chi connectivity index (χ1v) is 5.80. The number of hydrazine groups is 1. The summed E-state index contributed by atoms with van der Waals surface area (Å²) in [4.78, 5) is 12.0. The van der Waals surface area contributed by atoms with Crippen molar-refractivity contribution in [1.29, 1.82) is 0 Å². The molecule has 1 rings (SSSR count). The van der Waals surface area contributed by atoms with Crippen LogP contribution >= 0.6 is 0 Å². The molecule has 16 heavy (non-hydrogen) atoms. The van der Waals surface area contributed by atoms with Gasteiger partial charge < -0.3 is 5.43 Å². The number of amides is 1. The van der Waals surface area contributed by atoms with E-state index in [1.165, 1.54) is 0 Å². The molecule has 0 spiro atoms. The maximum Gasteiger partial charge on any atom is 0.242 e. The monoisotopic (exact) mass is 224 g/mol. The average Bonchev–Trinajstić information content (AvgIpc) is 2.04. The van der Waals surface area contributed by atoms with E-state index in [4.69, 9.17) is 0 Å². The first-order valence-electron chi connectivity index (χ1n) is 5.80. The van der Waals surface area contributed by atoms with Crippen molar-refractivity contribution in [3.05, 3.63) is 12.3 Å². The Kier molecular flexibility index (Phi) is 3.10. The molecule has 3 heteroatoms. The van der Waals surface area contributed by atoms with E-state index < -0.39 is 0 Å². The van der Waals surface area contributed by atoms with Crippen LogP contribution in [0, 0.1) is 22.7 Å². The van der Waals surface area contributed by atoms with Gasteiger partial charge in [0.2, 0.25) is 5.91 Å². The van der Waals surface area contributed by atoms with Crippen molar-refractivity contribution in [2.45, 2.75) is 41.5 Å². The summed E-state index contributed by atoms with van der Waals surface area (Å²) in [6.07, 6.45) is 0. The second-order valence-electron chi connectivity index (χ2n) is 6.83. The van der Waals surface area contributed by atoms with Crippen LogP contribution in [0.5, 0.6) is 0 Å². The molecule has 0 aromatic rings. The summed E-state index contributed by atoms with van der Waals surface area (Å²) >= 11 is 0. The Hall–Kier alpha value is -0.990. The van der Waals surface area contributed by atoms with Gasteiger partial charge in [0.05, 0.1) is 5.92 Å². The number of hydrogen-bond donors (Lipinski definition) is 2. The van der Waals surface area contributed by atoms with Gasteiger partial charge in [-0.2, -0.15) is 0 Å². The highest BCUT2D eigenvalue weighted by Crippen LogP contribution is 2.45. The van der Waals surface area contributed by atoms with Gasteiger partial charge in [0, 0.05) is 11.6 Å². The molecule has 1 saturated heterocycles. The number of carbonyl (C=O) groups is 1. The van der Waals surface area contributed by atoms with Gasteiger partial charge in [-0.1, -0.05) is 48.1 Å². The molecule has 92 valence electrons. The van der Waals surface area contributed by atoms with Crippen molar-refractivity contribution in [2.24, 2.45) is 22.7 Å². The Morgan fingerprint density at radius 1 is 0.938 bits per heavy atom. The lowest BCUT2D eigenvalue weighted by Gasteiger charge is -2.46. The molecule has 0 aliphatic carbocycles. The van der Waals surface area contributed by atoms with Crippen LogP contribution in [0.1, 0.15) is 41.5 Å². The van der Waals surface area contributed by atoms with Crippen molar-refractivity contribution in [3.63, 3.8) is 0 Å². The zero-order valence-electron chi connectivity index (χ0n) is 11.3. The molecule has 0 radical (unpaired) electrons. The van der Waals surface area contributed by atoms with Crippen molar-refractivity contribution < 1.29 is 4.79 Å². The van der Waals surface area contributed by atoms with Gasteiger partial charge in [-0.25, -0.2) is 0 Å². The fourth-order valence-electron chi connectivity index (χ4n) is 2.57. The number of rotatable bonds is 0. The fourth-order valence-corrected chi connectivity index (χ4v) is 2.57. The number of allylic oxidation sites excluding steroid dienone is 1. The molecule has 2 N–H and O–H groups in total. The third kappa shape index (κ3) is 2.39. The van der Waals surface area contributed by atoms with Crippen LogP contribution in [0.25, 0.3) is 0 Å². The maximum atomic E-state index is 12.0. The second kappa shape index (κ2) is 3.79. The lowest BCUT2D eigenvalue weighted by Crippen LogP contribution is -2.57. The molecule has 1 heterocycles. The Morgan fingerprint density at radius 2 is 1.38 bits per heavy atom. The topological polar surface area (TPSA) is 41.1 Å². The van der Waals surface area contributed by atoms with Crippen molar-refractivity contribution in [1.82, 2.24) is 10.9 Å². The summed E-state index contributed by atoms with van der Waals surface area (Å²) < 4.78 is 0. The Morgan fingerprint density at radius 3 is 1.69 bits per heavy atom. The minimum atomic E-state index is -0.0624. The SMILES string of the molecule is C=C1NNC(=O)C(C(C)(C)C)C1C(C)(C)C. The maximum absolute atomic E-state index is 12.0. The first kappa shape index (κ1) is 13.1. The smallest absolute Gasteiger partial charge is 0.242 e. The standard InChI is InChI=1S/C13H24N2O/c1-8-9(12(2,3)4)10(13(5,6)7)11(16)15-14-8/h9-10,14H,1H2,2-7H3,(H,15,16). The van der Waals surface area contributed by atoms with E-state index in [2.05, 4.69) is 59.0 Å². The summed E-state index contributed by atoms with van der Waals surface area (Å²) in [6, 6.07) is 0. The zero-order chi connectivity index (χ0) is 12.7. The van der Waals surface area contributed by atoms with Crippen LogP contribution in [0.15, 0.2) is 12.3 Å². The van der Waals surface area contributed by atoms with Crippen LogP contribution in [0.3, 0.4) is 0 Å². The van der Waals surface area contributed by atoms with Crippen molar-refractivity contribution >= 4 is 5.91 Å². The molecular formula is C13H24N2O. The molecule has 0 saturated carbocycles. The average molecular weight is 224 g/mol. The minimum absolute atomic E-state index is 0.0276. The van der Waals surface area contributed by atoms with Gasteiger partial charge in [0.15, 0.2) is 0 Å². The van der Waals surface area contributed by atoms with Crippen LogP contribution in [0.2, 0.25) is 0 Å². The quantitative estimate of drug-likeness (QED) is 0.663. The molecule has 2 unspecified atom stereocenters. The Balaban J connectivity index is 3.16. The highest BCUT2D eigenvalue weighted by Gasteiger charge is 2.46. The molecule has 0 aromatic heterocycles. The minimum Gasteiger partial charge on any atom is -0.303 e. The van der Waals surface area contributed by atoms with Crippen molar-refractivity contribution in [2.75, 3.05) is 0 Å². The highest BCUT2D eigenvalue weighted by molar-refractivity contribution is 5.81. The molecular weight excluding hydrogens is 200 g/mol. The molecule has 1 amide bonds. The third-order valence-electron chi connectivity index (χ3n) is 3.20. The van der Waals surface area contributed by atoms with E-state index in [0.717, 1.165) is 5.70 Å². The van der Waals surface area contributed by atoms with E-state index >= 15 is 0 Å². The van der Waals surface area contributed by atoms with E-state index in [0.29, 0.717) is 0 Å². The molecule has 3 nitrogen and oxygen atoms in total. The van der Waals surface area contributed by atoms with Gasteiger partial charge >= 0.3 is 0 Å². The van der Waals surface area contributed by atoms with Gasteiger partial charge in [-0.3, -0.25) is 10.2 Å².